The Hall–Kier alpha value is -1.33. The summed E-state index contributed by atoms with van der Waals surface area (Å²) in [5, 5.41) is 11.1. The summed E-state index contributed by atoms with van der Waals surface area (Å²) in [6, 6.07) is 2.10. The van der Waals surface area contributed by atoms with Crippen molar-refractivity contribution in [1.29, 1.82) is 0 Å². The molecule has 2 saturated carbocycles. The molecule has 1 aromatic heterocycles. The lowest BCUT2D eigenvalue weighted by molar-refractivity contribution is -0.184. The smallest absolute Gasteiger partial charge is 0.311 e. The van der Waals surface area contributed by atoms with Crippen LogP contribution < -0.4 is 0 Å². The van der Waals surface area contributed by atoms with Crippen LogP contribution in [0.1, 0.15) is 56.8 Å². The lowest BCUT2D eigenvalue weighted by Crippen LogP contribution is -2.61. The zero-order valence-electron chi connectivity index (χ0n) is 15.7. The van der Waals surface area contributed by atoms with Crippen molar-refractivity contribution in [3.8, 4) is 0 Å². The molecule has 5 nitrogen and oxygen atoms in total. The van der Waals surface area contributed by atoms with Crippen molar-refractivity contribution in [1.82, 2.24) is 0 Å². The van der Waals surface area contributed by atoms with E-state index in [0.717, 1.165) is 37.9 Å². The maximum atomic E-state index is 12.8. The van der Waals surface area contributed by atoms with Crippen molar-refractivity contribution in [2.75, 3.05) is 7.11 Å². The average Bonchev–Trinajstić information content (AvgIpc) is 3.18. The third-order valence-electron chi connectivity index (χ3n) is 8.39. The number of carbonyl (C=O) groups is 1. The van der Waals surface area contributed by atoms with Gasteiger partial charge in [0.05, 0.1) is 24.9 Å². The molecule has 26 heavy (non-hydrogen) atoms. The number of fused-ring (bicyclic) bond motifs is 2. The van der Waals surface area contributed by atoms with Gasteiger partial charge in [-0.25, -0.2) is 0 Å². The molecular weight excluding hydrogens is 332 g/mol. The van der Waals surface area contributed by atoms with Crippen LogP contribution in [0.3, 0.4) is 0 Å². The van der Waals surface area contributed by atoms with E-state index in [-0.39, 0.29) is 29.3 Å². The molecule has 8 atom stereocenters. The molecule has 3 aliphatic carbocycles. The van der Waals surface area contributed by atoms with Crippen LogP contribution in [-0.2, 0) is 20.7 Å². The van der Waals surface area contributed by atoms with E-state index < -0.39 is 11.7 Å². The second-order valence-electron chi connectivity index (χ2n) is 9.18. The summed E-state index contributed by atoms with van der Waals surface area (Å²) in [6.45, 7) is 4.30. The molecule has 5 rings (SSSR count). The number of carbonyl (C=O) groups excluding carboxylic acids is 1. The highest BCUT2D eigenvalue weighted by atomic mass is 16.6. The van der Waals surface area contributed by atoms with Crippen LogP contribution in [0, 0.1) is 28.6 Å². The number of esters is 1. The zero-order valence-corrected chi connectivity index (χ0v) is 15.7. The SMILES string of the molecule is COC(=O)[C@]1(C)CCC[C@@]23[C@H]1[C@@H](C[C@H]1[C@@H](C)c4ccoc4C[C@@H]12)O[C@@H]3O. The Bertz CT molecular complexity index is 741. The largest absolute Gasteiger partial charge is 0.469 e. The van der Waals surface area contributed by atoms with E-state index in [4.69, 9.17) is 13.9 Å². The summed E-state index contributed by atoms with van der Waals surface area (Å²) in [5.41, 5.74) is 0.335. The number of aliphatic hydroxyl groups excluding tert-OH is 1. The quantitative estimate of drug-likeness (QED) is 0.779. The molecule has 5 heteroatoms. The molecule has 0 unspecified atom stereocenters. The number of hydrogen-bond donors (Lipinski definition) is 1. The first-order valence-electron chi connectivity index (χ1n) is 9.91. The molecule has 0 amide bonds. The van der Waals surface area contributed by atoms with Crippen LogP contribution in [0.4, 0.5) is 0 Å². The Morgan fingerprint density at radius 3 is 2.96 bits per heavy atom. The van der Waals surface area contributed by atoms with Crippen molar-refractivity contribution in [2.45, 2.75) is 64.3 Å². The summed E-state index contributed by atoms with van der Waals surface area (Å²) >= 11 is 0. The Morgan fingerprint density at radius 1 is 1.38 bits per heavy atom. The molecule has 0 spiro atoms. The molecule has 0 radical (unpaired) electrons. The predicted molar refractivity (Wildman–Crippen MR) is 93.2 cm³/mol. The minimum absolute atomic E-state index is 0.0103. The second-order valence-corrected chi connectivity index (χ2v) is 9.18. The fourth-order valence-corrected chi connectivity index (χ4v) is 7.40. The van der Waals surface area contributed by atoms with Gasteiger partial charge in [0.25, 0.3) is 0 Å². The van der Waals surface area contributed by atoms with Crippen molar-refractivity contribution in [2.24, 2.45) is 28.6 Å². The van der Waals surface area contributed by atoms with E-state index in [1.54, 1.807) is 6.26 Å². The molecule has 0 aromatic carbocycles. The number of aliphatic hydroxyl groups is 1. The molecule has 4 aliphatic rings. The van der Waals surface area contributed by atoms with Gasteiger partial charge in [0, 0.05) is 17.8 Å². The van der Waals surface area contributed by atoms with Gasteiger partial charge < -0.3 is 19.0 Å². The number of furan rings is 1. The van der Waals surface area contributed by atoms with Gasteiger partial charge >= 0.3 is 5.97 Å². The summed E-state index contributed by atoms with van der Waals surface area (Å²) in [6.07, 6.45) is 5.26. The molecule has 1 saturated heterocycles. The molecule has 142 valence electrons. The fourth-order valence-electron chi connectivity index (χ4n) is 7.40. The van der Waals surface area contributed by atoms with Gasteiger partial charge in [0.2, 0.25) is 0 Å². The summed E-state index contributed by atoms with van der Waals surface area (Å²) < 4.78 is 17.2. The Labute approximate surface area is 154 Å². The van der Waals surface area contributed by atoms with E-state index in [2.05, 4.69) is 13.0 Å². The number of methoxy groups -OCH3 is 1. The van der Waals surface area contributed by atoms with E-state index >= 15 is 0 Å². The van der Waals surface area contributed by atoms with Gasteiger partial charge in [-0.05, 0) is 55.6 Å². The van der Waals surface area contributed by atoms with E-state index in [0.29, 0.717) is 11.8 Å². The van der Waals surface area contributed by atoms with E-state index in [1.165, 1.54) is 12.7 Å². The minimum Gasteiger partial charge on any atom is -0.469 e. The van der Waals surface area contributed by atoms with Gasteiger partial charge in [-0.2, -0.15) is 0 Å². The zero-order chi connectivity index (χ0) is 18.3. The highest BCUT2D eigenvalue weighted by Gasteiger charge is 2.72. The van der Waals surface area contributed by atoms with Crippen molar-refractivity contribution >= 4 is 5.97 Å². The molecular formula is C21H28O5. The van der Waals surface area contributed by atoms with Crippen LogP contribution >= 0.6 is 0 Å². The van der Waals surface area contributed by atoms with Gasteiger partial charge in [0.1, 0.15) is 5.76 Å². The van der Waals surface area contributed by atoms with Gasteiger partial charge in [0.15, 0.2) is 6.29 Å². The Kier molecular flexibility index (Phi) is 3.46. The first kappa shape index (κ1) is 16.8. The maximum Gasteiger partial charge on any atom is 0.311 e. The topological polar surface area (TPSA) is 68.9 Å². The minimum atomic E-state index is -0.805. The summed E-state index contributed by atoms with van der Waals surface area (Å²) in [4.78, 5) is 12.8. The number of hydrogen-bond acceptors (Lipinski definition) is 5. The third-order valence-corrected chi connectivity index (χ3v) is 8.39. The third kappa shape index (κ3) is 1.81. The number of rotatable bonds is 1. The summed E-state index contributed by atoms with van der Waals surface area (Å²) in [7, 11) is 1.47. The molecule has 1 aromatic rings. The monoisotopic (exact) mass is 360 g/mol. The lowest BCUT2D eigenvalue weighted by Gasteiger charge is -2.59. The normalized spacial score (nSPS) is 49.1. The molecule has 1 aliphatic heterocycles. The maximum absolute atomic E-state index is 12.8. The van der Waals surface area contributed by atoms with Crippen molar-refractivity contribution in [3.63, 3.8) is 0 Å². The first-order valence-corrected chi connectivity index (χ1v) is 9.91. The highest BCUT2D eigenvalue weighted by Crippen LogP contribution is 2.70. The van der Waals surface area contributed by atoms with Gasteiger partial charge in [-0.3, -0.25) is 4.79 Å². The average molecular weight is 360 g/mol. The summed E-state index contributed by atoms with van der Waals surface area (Å²) in [5.74, 6) is 2.03. The van der Waals surface area contributed by atoms with Crippen LogP contribution in [0.5, 0.6) is 0 Å². The molecule has 2 bridgehead atoms. The van der Waals surface area contributed by atoms with Crippen LogP contribution in [0.2, 0.25) is 0 Å². The lowest BCUT2D eigenvalue weighted by atomic mass is 9.43. The van der Waals surface area contributed by atoms with Crippen molar-refractivity contribution < 1.29 is 23.8 Å². The fraction of sp³-hybridized carbons (Fsp3) is 0.762. The Morgan fingerprint density at radius 2 is 2.19 bits per heavy atom. The number of ether oxygens (including phenoxy) is 2. The van der Waals surface area contributed by atoms with Gasteiger partial charge in [-0.1, -0.05) is 13.3 Å². The standard InChI is InChI=1S/C21H28O5/c1-11-12-5-8-25-15(12)10-14-13(11)9-16-17-20(2,18(22)24-3)6-4-7-21(14,17)19(23)26-16/h5,8,11,13-14,16-17,19,23H,4,6-7,9-10H2,1-3H3/t11-,13-,14-,16+,17-,19-,20+,21-/m0/s1. The van der Waals surface area contributed by atoms with Crippen molar-refractivity contribution in [3.05, 3.63) is 23.7 Å². The molecule has 2 heterocycles. The molecule has 1 N–H and O–H groups in total. The van der Waals surface area contributed by atoms with Gasteiger partial charge in [-0.15, -0.1) is 0 Å². The second kappa shape index (κ2) is 5.35. The van der Waals surface area contributed by atoms with Crippen LogP contribution in [0.25, 0.3) is 0 Å². The van der Waals surface area contributed by atoms with E-state index in [9.17, 15) is 9.90 Å². The van der Waals surface area contributed by atoms with E-state index in [1.807, 2.05) is 6.92 Å². The van der Waals surface area contributed by atoms with Crippen LogP contribution in [0.15, 0.2) is 16.7 Å². The molecule has 3 fully saturated rings. The van der Waals surface area contributed by atoms with Crippen LogP contribution in [-0.4, -0.2) is 30.6 Å². The Balaban J connectivity index is 1.64. The predicted octanol–water partition coefficient (Wildman–Crippen LogP) is 3.26. The first-order chi connectivity index (χ1) is 12.4. The highest BCUT2D eigenvalue weighted by molar-refractivity contribution is 5.77.